The van der Waals surface area contributed by atoms with Crippen LogP contribution in [0.25, 0.3) is 62.7 Å². The van der Waals surface area contributed by atoms with E-state index in [2.05, 4.69) is 181 Å². The van der Waals surface area contributed by atoms with Gasteiger partial charge in [0.1, 0.15) is 0 Å². The minimum Gasteiger partial charge on any atom is -0.313 e. The quantitative estimate of drug-likeness (QED) is 0.150. The summed E-state index contributed by atoms with van der Waals surface area (Å²) in [7, 11) is 0. The Morgan fingerprint density at radius 3 is 2.42 bits per heavy atom. The summed E-state index contributed by atoms with van der Waals surface area (Å²) in [5, 5.41) is 2.89. The zero-order valence-corrected chi connectivity index (χ0v) is 35.9. The second-order valence-corrected chi connectivity index (χ2v) is 18.5. The lowest BCUT2D eigenvalue weighted by molar-refractivity contribution is 0.750. The summed E-state index contributed by atoms with van der Waals surface area (Å²) in [5.41, 5.74) is 22.6. The first kappa shape index (κ1) is 37.3. The minimum absolute atomic E-state index is 0.166. The van der Waals surface area contributed by atoms with Crippen molar-refractivity contribution in [3.8, 4) is 11.4 Å². The topological polar surface area (TPSA) is 22.2 Å². The molecule has 0 aliphatic heterocycles. The van der Waals surface area contributed by atoms with Gasteiger partial charge in [0.25, 0.3) is 0 Å². The minimum atomic E-state index is 0.166. The molecule has 3 nitrogen and oxygen atoms in total. The van der Waals surface area contributed by atoms with Crippen molar-refractivity contribution in [2.45, 2.75) is 77.0 Å². The Kier molecular flexibility index (Phi) is 8.95. The maximum atomic E-state index is 5.47. The molecular formula is C59H53N3. The molecule has 0 fully saturated rings. The van der Waals surface area contributed by atoms with Crippen molar-refractivity contribution in [1.29, 1.82) is 0 Å². The van der Waals surface area contributed by atoms with Gasteiger partial charge in [0.2, 0.25) is 0 Å². The van der Waals surface area contributed by atoms with Crippen molar-refractivity contribution in [3.63, 3.8) is 0 Å². The number of rotatable bonds is 6. The number of allylic oxidation sites excluding steroid dienone is 11. The fraction of sp³-hybridized carbons (Fsp3) is 0.237. The number of fused-ring (bicyclic) bond motifs is 10. The van der Waals surface area contributed by atoms with Crippen molar-refractivity contribution in [3.05, 3.63) is 196 Å². The predicted octanol–water partition coefficient (Wildman–Crippen LogP) is 15.1. The number of para-hydroxylation sites is 1. The molecule has 6 aliphatic rings. The predicted molar refractivity (Wildman–Crippen MR) is 263 cm³/mol. The number of hydrogen-bond donors (Lipinski definition) is 0. The fourth-order valence-corrected chi connectivity index (χ4v) is 11.8. The Bertz CT molecular complexity index is 3120. The third-order valence-corrected chi connectivity index (χ3v) is 14.8. The molecule has 0 N–H and O–H groups in total. The molecule has 4 aromatic carbocycles. The Morgan fingerprint density at radius 1 is 0.694 bits per heavy atom. The van der Waals surface area contributed by atoms with Crippen molar-refractivity contribution in [2.75, 3.05) is 0 Å². The number of hydrogen-bond acceptors (Lipinski definition) is 1. The van der Waals surface area contributed by atoms with Gasteiger partial charge in [-0.3, -0.25) is 4.99 Å². The van der Waals surface area contributed by atoms with Crippen LogP contribution in [-0.2, 0) is 12.8 Å². The largest absolute Gasteiger partial charge is 0.313 e. The molecule has 3 heteroatoms. The summed E-state index contributed by atoms with van der Waals surface area (Å²) in [4.78, 5) is 5.47. The van der Waals surface area contributed by atoms with E-state index < -0.39 is 0 Å². The lowest BCUT2D eigenvalue weighted by atomic mass is 9.79. The first-order valence-corrected chi connectivity index (χ1v) is 23.1. The van der Waals surface area contributed by atoms with Crippen molar-refractivity contribution in [1.82, 2.24) is 9.13 Å². The smallest absolute Gasteiger partial charge is 0.0630 e. The summed E-state index contributed by atoms with van der Waals surface area (Å²) in [5.74, 6) is 1.34. The number of nitrogens with zero attached hydrogens (tertiary/aromatic N) is 3. The van der Waals surface area contributed by atoms with Gasteiger partial charge in [-0.15, -0.1) is 0 Å². The highest BCUT2D eigenvalue weighted by Gasteiger charge is 2.33. The van der Waals surface area contributed by atoms with E-state index in [-0.39, 0.29) is 11.8 Å². The molecule has 2 aromatic heterocycles. The molecule has 12 rings (SSSR count). The Labute approximate surface area is 365 Å². The second-order valence-electron chi connectivity index (χ2n) is 18.5. The van der Waals surface area contributed by atoms with Crippen LogP contribution in [-0.4, -0.2) is 14.8 Å². The van der Waals surface area contributed by atoms with Gasteiger partial charge in [-0.1, -0.05) is 130 Å². The van der Waals surface area contributed by atoms with E-state index in [4.69, 9.17) is 4.99 Å². The first-order chi connectivity index (χ1) is 30.5. The highest BCUT2D eigenvalue weighted by Crippen LogP contribution is 2.50. The standard InChI is InChI=1S/C59H53N3/c1-37-15-12-20-43-35-42(27-30-47(37)43)39(3)60-59(41-18-6-4-7-19-41)45-28-31-48-44(36-45)21-14-25-50(48)62-51-26-13-16-38(2)55(51)57-54(62)34-33-53-58(57)56-49-24-11-10-17-40(49)29-32-52(56)61(53)46-22-8-5-9-23-46/h4-10,12-14,17-18,20-23,25-28,30-31,33-35,37-38,41,45H,3,11,15-16,19,24,29,32,36H2,1-2H3. The highest BCUT2D eigenvalue weighted by atomic mass is 15.0. The van der Waals surface area contributed by atoms with E-state index in [1.165, 1.54) is 89.2 Å². The average Bonchev–Trinajstić information content (AvgIpc) is 3.85. The molecule has 4 unspecified atom stereocenters. The van der Waals surface area contributed by atoms with Crippen LogP contribution < -0.4 is 0 Å². The van der Waals surface area contributed by atoms with Crippen molar-refractivity contribution in [2.24, 2.45) is 16.8 Å². The Balaban J connectivity index is 1.01. The Morgan fingerprint density at radius 2 is 1.55 bits per heavy atom. The van der Waals surface area contributed by atoms with Gasteiger partial charge in [-0.05, 0) is 139 Å². The van der Waals surface area contributed by atoms with E-state index in [9.17, 15) is 0 Å². The van der Waals surface area contributed by atoms with Crippen LogP contribution in [0.1, 0.15) is 115 Å². The Hall–Kier alpha value is -6.45. The van der Waals surface area contributed by atoms with Gasteiger partial charge in [-0.25, -0.2) is 0 Å². The van der Waals surface area contributed by atoms with Crippen LogP contribution in [0, 0.1) is 11.8 Å². The molecular weight excluding hydrogens is 751 g/mol. The monoisotopic (exact) mass is 803 g/mol. The summed E-state index contributed by atoms with van der Waals surface area (Å²) in [6, 6.07) is 29.8. The lowest BCUT2D eigenvalue weighted by Gasteiger charge is -2.28. The summed E-state index contributed by atoms with van der Waals surface area (Å²) >= 11 is 0. The molecule has 0 amide bonds. The van der Waals surface area contributed by atoms with Crippen LogP contribution in [0.5, 0.6) is 0 Å². The molecule has 6 aliphatic carbocycles. The van der Waals surface area contributed by atoms with Crippen molar-refractivity contribution < 1.29 is 0 Å². The summed E-state index contributed by atoms with van der Waals surface area (Å²) in [6.07, 6.45) is 36.4. The van der Waals surface area contributed by atoms with E-state index in [1.807, 2.05) is 0 Å². The van der Waals surface area contributed by atoms with Gasteiger partial charge in [0, 0.05) is 56.4 Å². The number of benzene rings is 4. The van der Waals surface area contributed by atoms with Crippen LogP contribution in [0.15, 0.2) is 151 Å². The molecule has 62 heavy (non-hydrogen) atoms. The second kappa shape index (κ2) is 14.9. The van der Waals surface area contributed by atoms with Crippen LogP contribution in [0.4, 0.5) is 0 Å². The summed E-state index contributed by atoms with van der Waals surface area (Å²) in [6.45, 7) is 9.34. The van der Waals surface area contributed by atoms with E-state index in [0.29, 0.717) is 11.8 Å². The third-order valence-electron chi connectivity index (χ3n) is 14.8. The van der Waals surface area contributed by atoms with Crippen LogP contribution in [0.3, 0.4) is 0 Å². The molecule has 0 spiro atoms. The molecule has 0 saturated carbocycles. The van der Waals surface area contributed by atoms with Gasteiger partial charge in [-0.2, -0.15) is 0 Å². The number of aliphatic imine (C=N–C) groups is 1. The molecule has 0 bridgehead atoms. The zero-order chi connectivity index (χ0) is 41.5. The molecule has 0 radical (unpaired) electrons. The molecule has 4 atom stereocenters. The molecule has 6 aromatic rings. The average molecular weight is 804 g/mol. The first-order valence-electron chi connectivity index (χ1n) is 23.1. The summed E-state index contributed by atoms with van der Waals surface area (Å²) < 4.78 is 5.21. The van der Waals surface area contributed by atoms with Crippen LogP contribution >= 0.6 is 0 Å². The third kappa shape index (κ3) is 5.88. The van der Waals surface area contributed by atoms with Crippen molar-refractivity contribution >= 4 is 57.0 Å². The maximum absolute atomic E-state index is 5.47. The molecule has 2 heterocycles. The van der Waals surface area contributed by atoms with Gasteiger partial charge in [0.15, 0.2) is 0 Å². The van der Waals surface area contributed by atoms with Gasteiger partial charge >= 0.3 is 0 Å². The van der Waals surface area contributed by atoms with E-state index in [0.717, 1.165) is 62.6 Å². The normalized spacial score (nSPS) is 22.2. The van der Waals surface area contributed by atoms with Gasteiger partial charge < -0.3 is 9.13 Å². The van der Waals surface area contributed by atoms with Gasteiger partial charge in [0.05, 0.1) is 28.1 Å². The molecule has 304 valence electrons. The lowest BCUT2D eigenvalue weighted by Crippen LogP contribution is -2.26. The maximum Gasteiger partial charge on any atom is 0.0630 e. The van der Waals surface area contributed by atoms with E-state index in [1.54, 1.807) is 5.57 Å². The fourth-order valence-electron chi connectivity index (χ4n) is 11.8. The SMILES string of the molecule is C=C(N=C(C1C=CC=CC1)C1C=Cc2c(cccc2-n2c3c(c4c5c6c(n(-c7ccccc7)c5ccc42)CCC2=C6CCC=C2)C(C)CC=C3)C1)c1ccc2c(c1)C=CCC2C. The van der Waals surface area contributed by atoms with E-state index >= 15 is 0 Å². The van der Waals surface area contributed by atoms with Crippen LogP contribution in [0.2, 0.25) is 0 Å². The number of aromatic nitrogens is 2. The highest BCUT2D eigenvalue weighted by molar-refractivity contribution is 6.16. The molecule has 0 saturated heterocycles. The zero-order valence-electron chi connectivity index (χ0n) is 35.9.